The molecule has 0 radical (unpaired) electrons. The third-order valence-electron chi connectivity index (χ3n) is 4.14. The molecule has 1 aliphatic rings. The Morgan fingerprint density at radius 2 is 1.83 bits per heavy atom. The van der Waals surface area contributed by atoms with Crippen LogP contribution in [0.25, 0.3) is 11.3 Å². The molecule has 9 nitrogen and oxygen atoms in total. The van der Waals surface area contributed by atoms with Gasteiger partial charge in [-0.1, -0.05) is 12.1 Å². The maximum Gasteiger partial charge on any atom is 0.278 e. The normalized spacial score (nSPS) is 14.6. The quantitative estimate of drug-likeness (QED) is 0.596. The van der Waals surface area contributed by atoms with Gasteiger partial charge in [-0.3, -0.25) is 4.79 Å². The van der Waals surface area contributed by atoms with Gasteiger partial charge in [0.05, 0.1) is 30.8 Å². The molecule has 0 fully saturated rings. The first-order valence-corrected chi connectivity index (χ1v) is 9.03. The zero-order valence-corrected chi connectivity index (χ0v) is 15.5. The van der Waals surface area contributed by atoms with Crippen LogP contribution in [0.1, 0.15) is 10.5 Å². The molecule has 9 heteroatoms. The molecular weight excluding hydrogens is 374 g/mol. The fraction of sp³-hybridized carbons (Fsp3) is 0.200. The molecule has 3 heterocycles. The van der Waals surface area contributed by atoms with Gasteiger partial charge < -0.3 is 25.3 Å². The van der Waals surface area contributed by atoms with Crippen molar-refractivity contribution in [3.8, 4) is 22.9 Å². The van der Waals surface area contributed by atoms with Gasteiger partial charge in [0.25, 0.3) is 5.91 Å². The molecule has 3 N–H and O–H groups in total. The number of aromatic nitrogens is 3. The molecule has 0 aliphatic carbocycles. The summed E-state index contributed by atoms with van der Waals surface area (Å²) < 4.78 is 16.9. The van der Waals surface area contributed by atoms with Gasteiger partial charge in [-0.15, -0.1) is 0 Å². The van der Waals surface area contributed by atoms with Crippen molar-refractivity contribution in [2.75, 3.05) is 37.5 Å². The van der Waals surface area contributed by atoms with Crippen LogP contribution in [0.5, 0.6) is 11.6 Å². The lowest BCUT2D eigenvalue weighted by Gasteiger charge is -2.13. The highest BCUT2D eigenvalue weighted by molar-refractivity contribution is 6.06. The van der Waals surface area contributed by atoms with Gasteiger partial charge in [-0.2, -0.15) is 0 Å². The number of benzene rings is 1. The highest BCUT2D eigenvalue weighted by Crippen LogP contribution is 2.26. The second-order valence-electron chi connectivity index (χ2n) is 6.13. The van der Waals surface area contributed by atoms with E-state index in [1.54, 1.807) is 36.5 Å². The monoisotopic (exact) mass is 393 g/mol. The number of anilines is 2. The van der Waals surface area contributed by atoms with E-state index in [1.807, 2.05) is 6.07 Å². The number of rotatable bonds is 0. The third-order valence-corrected chi connectivity index (χ3v) is 4.14. The van der Waals surface area contributed by atoms with E-state index in [0.717, 1.165) is 0 Å². The highest BCUT2D eigenvalue weighted by atomic mass is 16.5. The molecule has 0 saturated heterocycles. The van der Waals surface area contributed by atoms with E-state index in [9.17, 15) is 4.79 Å². The maximum absolute atomic E-state index is 12.8. The number of nitrogens with two attached hydrogens (primary N) is 1. The summed E-state index contributed by atoms with van der Waals surface area (Å²) in [6.45, 7) is 1.42. The van der Waals surface area contributed by atoms with Gasteiger partial charge >= 0.3 is 0 Å². The number of pyridine rings is 1. The lowest BCUT2D eigenvalue weighted by Crippen LogP contribution is -2.18. The summed E-state index contributed by atoms with van der Waals surface area (Å²) in [6.07, 6.45) is 3.10. The van der Waals surface area contributed by atoms with Crippen molar-refractivity contribution in [3.05, 3.63) is 54.5 Å². The smallest absolute Gasteiger partial charge is 0.278 e. The summed E-state index contributed by atoms with van der Waals surface area (Å²) in [4.78, 5) is 25.5. The largest absolute Gasteiger partial charge is 0.489 e. The van der Waals surface area contributed by atoms with Crippen LogP contribution in [-0.4, -0.2) is 47.3 Å². The minimum atomic E-state index is -0.487. The number of nitrogen functional groups attached to an aromatic ring is 1. The Hall–Kier alpha value is -3.72. The predicted octanol–water partition coefficient (Wildman–Crippen LogP) is 2.16. The number of para-hydroxylation sites is 2. The van der Waals surface area contributed by atoms with Crippen molar-refractivity contribution in [2.45, 2.75) is 0 Å². The van der Waals surface area contributed by atoms with Crippen LogP contribution in [0.2, 0.25) is 0 Å². The van der Waals surface area contributed by atoms with Crippen molar-refractivity contribution in [1.29, 1.82) is 0 Å². The van der Waals surface area contributed by atoms with Gasteiger partial charge in [0.2, 0.25) is 5.88 Å². The number of nitrogens with one attached hydrogen (secondary N) is 1. The summed E-state index contributed by atoms with van der Waals surface area (Å²) in [5.74, 6) is 0.479. The molecule has 1 amide bonds. The van der Waals surface area contributed by atoms with Crippen molar-refractivity contribution >= 4 is 17.4 Å². The fourth-order valence-electron chi connectivity index (χ4n) is 2.75. The van der Waals surface area contributed by atoms with Crippen LogP contribution < -0.4 is 20.5 Å². The van der Waals surface area contributed by atoms with Gasteiger partial charge in [0.1, 0.15) is 19.0 Å². The molecular formula is C20H19N5O4. The minimum absolute atomic E-state index is 0.0178. The predicted molar refractivity (Wildman–Crippen MR) is 106 cm³/mol. The average Bonchev–Trinajstić information content (AvgIpc) is 2.74. The van der Waals surface area contributed by atoms with Gasteiger partial charge in [0.15, 0.2) is 11.5 Å². The highest BCUT2D eigenvalue weighted by Gasteiger charge is 2.17. The zero-order chi connectivity index (χ0) is 20.1. The second-order valence-corrected chi connectivity index (χ2v) is 6.13. The Bertz CT molecular complexity index is 1030. The number of fused-ring (bicyclic) bond motifs is 6. The Balaban J connectivity index is 1.72. The Kier molecular flexibility index (Phi) is 5.48. The van der Waals surface area contributed by atoms with Crippen LogP contribution in [0.4, 0.5) is 11.5 Å². The summed E-state index contributed by atoms with van der Waals surface area (Å²) in [5.41, 5.74) is 7.60. The van der Waals surface area contributed by atoms with Crippen molar-refractivity contribution in [3.63, 3.8) is 0 Å². The average molecular weight is 393 g/mol. The number of nitrogens with zero attached hydrogens (tertiary/aromatic N) is 3. The molecule has 29 heavy (non-hydrogen) atoms. The van der Waals surface area contributed by atoms with Crippen LogP contribution in [-0.2, 0) is 4.74 Å². The number of carbonyl (C=O) groups excluding carboxylic acids is 1. The molecule has 0 spiro atoms. The lowest BCUT2D eigenvalue weighted by molar-refractivity contribution is 0.0754. The molecule has 0 unspecified atom stereocenters. The first-order valence-electron chi connectivity index (χ1n) is 9.03. The zero-order valence-electron chi connectivity index (χ0n) is 15.5. The van der Waals surface area contributed by atoms with E-state index in [-0.39, 0.29) is 11.5 Å². The van der Waals surface area contributed by atoms with E-state index in [1.165, 1.54) is 6.20 Å². The number of carbonyl (C=O) groups is 1. The van der Waals surface area contributed by atoms with E-state index in [0.29, 0.717) is 55.0 Å². The van der Waals surface area contributed by atoms with Crippen LogP contribution >= 0.6 is 0 Å². The topological polar surface area (TPSA) is 121 Å². The molecule has 148 valence electrons. The molecule has 0 atom stereocenters. The molecule has 4 rings (SSSR count). The molecule has 1 aliphatic heterocycles. The third kappa shape index (κ3) is 4.41. The van der Waals surface area contributed by atoms with Crippen LogP contribution in [0.15, 0.2) is 48.8 Å². The SMILES string of the molecule is Nc1ncc2nc1C(=O)Nc1ccccc1OCCOCCOc1cc-2ccn1. The summed E-state index contributed by atoms with van der Waals surface area (Å²) in [7, 11) is 0. The van der Waals surface area contributed by atoms with E-state index in [4.69, 9.17) is 19.9 Å². The summed E-state index contributed by atoms with van der Waals surface area (Å²) in [6, 6.07) is 10.6. The van der Waals surface area contributed by atoms with Gasteiger partial charge in [0, 0.05) is 17.8 Å². The van der Waals surface area contributed by atoms with E-state index < -0.39 is 5.91 Å². The summed E-state index contributed by atoms with van der Waals surface area (Å²) >= 11 is 0. The van der Waals surface area contributed by atoms with E-state index >= 15 is 0 Å². The Labute approximate surface area is 166 Å². The standard InChI is InChI=1S/C20H19N5O4/c21-19-18-20(26)25-14-3-1-2-4-16(14)28-9-7-27-8-10-29-17-11-13(5-6-22-17)15(24-18)12-23-19/h1-6,11-12H,7-10H2,(H2,21,23)(H,25,26). The molecule has 3 aromatic rings. The number of ether oxygens (including phenoxy) is 3. The first-order chi connectivity index (χ1) is 14.2. The van der Waals surface area contributed by atoms with Crippen molar-refractivity contribution in [1.82, 2.24) is 15.0 Å². The maximum atomic E-state index is 12.8. The fourth-order valence-corrected chi connectivity index (χ4v) is 2.75. The van der Waals surface area contributed by atoms with Crippen molar-refractivity contribution < 1.29 is 19.0 Å². The molecule has 1 aromatic carbocycles. The number of hydrogen-bond donors (Lipinski definition) is 2. The second kappa shape index (κ2) is 8.53. The Morgan fingerprint density at radius 1 is 1.00 bits per heavy atom. The number of amides is 1. The molecule has 0 saturated carbocycles. The molecule has 4 bridgehead atoms. The Morgan fingerprint density at radius 3 is 2.72 bits per heavy atom. The minimum Gasteiger partial charge on any atom is -0.489 e. The number of hydrogen-bond acceptors (Lipinski definition) is 8. The molecule has 2 aromatic heterocycles. The van der Waals surface area contributed by atoms with Crippen molar-refractivity contribution in [2.24, 2.45) is 0 Å². The first kappa shape index (κ1) is 18.6. The summed E-state index contributed by atoms with van der Waals surface area (Å²) in [5, 5.41) is 2.79. The lowest BCUT2D eigenvalue weighted by atomic mass is 10.2. The van der Waals surface area contributed by atoms with Crippen LogP contribution in [0, 0.1) is 0 Å². The van der Waals surface area contributed by atoms with E-state index in [2.05, 4.69) is 20.3 Å². The van der Waals surface area contributed by atoms with Gasteiger partial charge in [-0.25, -0.2) is 15.0 Å². The van der Waals surface area contributed by atoms with Crippen LogP contribution in [0.3, 0.4) is 0 Å². The van der Waals surface area contributed by atoms with Gasteiger partial charge in [-0.05, 0) is 18.2 Å².